The van der Waals surface area contributed by atoms with Crippen LogP contribution >= 0.6 is 0 Å². The molecule has 1 heterocycles. The molecule has 2 N–H and O–H groups in total. The van der Waals surface area contributed by atoms with Gasteiger partial charge >= 0.3 is 6.18 Å². The van der Waals surface area contributed by atoms with Gasteiger partial charge in [-0.2, -0.15) is 13.2 Å². The average molecular weight is 515 g/mol. The number of amides is 1. The number of halogens is 3. The van der Waals surface area contributed by atoms with Gasteiger partial charge in [-0.15, -0.1) is 0 Å². The van der Waals surface area contributed by atoms with Crippen LogP contribution in [0.15, 0.2) is 48.5 Å². The lowest BCUT2D eigenvalue weighted by Gasteiger charge is -2.41. The summed E-state index contributed by atoms with van der Waals surface area (Å²) < 4.78 is 38.7. The Hall–Kier alpha value is -2.71. The summed E-state index contributed by atoms with van der Waals surface area (Å²) in [5.74, 6) is -1.17. The van der Waals surface area contributed by atoms with Gasteiger partial charge in [-0.3, -0.25) is 14.5 Å². The van der Waals surface area contributed by atoms with Crippen LogP contribution in [0.1, 0.15) is 65.6 Å². The first-order valence-corrected chi connectivity index (χ1v) is 13.1. The molecule has 2 aromatic rings. The molecule has 1 saturated carbocycles. The molecule has 0 unspecified atom stereocenters. The largest absolute Gasteiger partial charge is 0.416 e. The summed E-state index contributed by atoms with van der Waals surface area (Å²) in [6, 6.07) is 13.3. The Kier molecular flexibility index (Phi) is 7.16. The highest BCUT2D eigenvalue weighted by Gasteiger charge is 2.44. The van der Waals surface area contributed by atoms with Gasteiger partial charge < -0.3 is 10.4 Å². The summed E-state index contributed by atoms with van der Waals surface area (Å²) in [6.07, 6.45) is 1.79. The average Bonchev–Trinajstić information content (AvgIpc) is 3.43. The van der Waals surface area contributed by atoms with Gasteiger partial charge in [-0.1, -0.05) is 30.3 Å². The second-order valence-electron chi connectivity index (χ2n) is 11.0. The van der Waals surface area contributed by atoms with E-state index >= 15 is 0 Å². The molecule has 2 aromatic carbocycles. The van der Waals surface area contributed by atoms with Crippen molar-refractivity contribution < 1.29 is 27.9 Å². The number of hydrogen-bond acceptors (Lipinski definition) is 4. The number of β-amino-alcohol motifs (C(OH)–C–C–N with tert-alkyl or cyclic N) is 1. The molecule has 2 fully saturated rings. The van der Waals surface area contributed by atoms with Crippen LogP contribution in [0.2, 0.25) is 0 Å². The van der Waals surface area contributed by atoms with Gasteiger partial charge in [0.2, 0.25) is 0 Å². The van der Waals surface area contributed by atoms with E-state index in [-0.39, 0.29) is 30.2 Å². The van der Waals surface area contributed by atoms with Gasteiger partial charge in [0.05, 0.1) is 18.2 Å². The molecule has 1 spiro atoms. The molecule has 198 valence electrons. The Labute approximate surface area is 215 Å². The summed E-state index contributed by atoms with van der Waals surface area (Å²) in [5, 5.41) is 13.1. The number of Topliss-reactive ketones (excluding diaryl/α,β-unsaturated/α-hetero) is 1. The van der Waals surface area contributed by atoms with E-state index in [4.69, 9.17) is 0 Å². The fraction of sp³-hybridized carbons (Fsp3) is 0.517. The number of nitrogens with one attached hydrogen (secondary N) is 1. The van der Waals surface area contributed by atoms with Crippen LogP contribution in [0.5, 0.6) is 0 Å². The van der Waals surface area contributed by atoms with E-state index in [2.05, 4.69) is 34.5 Å². The molecule has 37 heavy (non-hydrogen) atoms. The zero-order valence-electron chi connectivity index (χ0n) is 20.8. The van der Waals surface area contributed by atoms with Gasteiger partial charge in [-0.25, -0.2) is 0 Å². The highest BCUT2D eigenvalue weighted by Crippen LogP contribution is 2.49. The number of benzene rings is 2. The molecular weight excluding hydrogens is 481 g/mol. The summed E-state index contributed by atoms with van der Waals surface area (Å²) in [7, 11) is 0. The molecule has 5 rings (SSSR count). The maximum absolute atomic E-state index is 12.9. The molecule has 2 atom stereocenters. The number of likely N-dealkylation sites (tertiary alicyclic amines) is 1. The predicted octanol–water partition coefficient (Wildman–Crippen LogP) is 4.51. The number of hydrogen-bond donors (Lipinski definition) is 2. The first kappa shape index (κ1) is 25.9. The van der Waals surface area contributed by atoms with Crippen LogP contribution < -0.4 is 5.32 Å². The molecule has 1 amide bonds. The van der Waals surface area contributed by atoms with Crippen LogP contribution in [-0.2, 0) is 22.8 Å². The topological polar surface area (TPSA) is 69.6 Å². The van der Waals surface area contributed by atoms with Crippen molar-refractivity contribution in [1.82, 2.24) is 10.2 Å². The number of rotatable bonds is 6. The standard InChI is InChI=1S/C29H33F3N2O3/c30-29(31,32)22-6-3-5-20(14-22)27(37)33-16-24(35)15-21-17-34(18-26(21)36)23-9-12-28(13-10-23)11-8-19-4-1-2-7-25(19)28/h1-7,14,21,23,26,36H,8-13,15-18H2,(H,33,37)/t21-,23?,26-,28?/m0/s1. The van der Waals surface area contributed by atoms with E-state index in [1.54, 1.807) is 0 Å². The van der Waals surface area contributed by atoms with Crippen LogP contribution in [-0.4, -0.2) is 53.5 Å². The molecule has 0 aromatic heterocycles. The Balaban J connectivity index is 1.10. The van der Waals surface area contributed by atoms with Gasteiger partial charge in [0, 0.05) is 37.0 Å². The Bertz CT molecular complexity index is 1160. The third kappa shape index (κ3) is 5.46. The van der Waals surface area contributed by atoms with Gasteiger partial charge in [0.1, 0.15) is 0 Å². The van der Waals surface area contributed by atoms with Gasteiger partial charge in [0.15, 0.2) is 5.78 Å². The first-order chi connectivity index (χ1) is 17.6. The van der Waals surface area contributed by atoms with E-state index < -0.39 is 23.8 Å². The van der Waals surface area contributed by atoms with Crippen molar-refractivity contribution in [2.45, 2.75) is 68.7 Å². The van der Waals surface area contributed by atoms with Crippen LogP contribution in [0.25, 0.3) is 0 Å². The number of nitrogens with zero attached hydrogens (tertiary/aromatic N) is 1. The molecule has 0 bridgehead atoms. The maximum atomic E-state index is 12.9. The van der Waals surface area contributed by atoms with Crippen molar-refractivity contribution in [2.75, 3.05) is 19.6 Å². The smallest absolute Gasteiger partial charge is 0.391 e. The number of fused-ring (bicyclic) bond motifs is 2. The van der Waals surface area contributed by atoms with Crippen LogP contribution in [0, 0.1) is 5.92 Å². The number of aliphatic hydroxyl groups excluding tert-OH is 1. The molecule has 1 saturated heterocycles. The minimum atomic E-state index is -4.54. The van der Waals surface area contributed by atoms with Crippen molar-refractivity contribution in [3.05, 3.63) is 70.8 Å². The third-order valence-corrected chi connectivity index (χ3v) is 8.71. The maximum Gasteiger partial charge on any atom is 0.416 e. The van der Waals surface area contributed by atoms with Crippen LogP contribution in [0.3, 0.4) is 0 Å². The number of carbonyl (C=O) groups is 2. The zero-order valence-corrected chi connectivity index (χ0v) is 20.8. The first-order valence-electron chi connectivity index (χ1n) is 13.1. The molecule has 1 aliphatic heterocycles. The predicted molar refractivity (Wildman–Crippen MR) is 133 cm³/mol. The summed E-state index contributed by atoms with van der Waals surface area (Å²) in [6.45, 7) is 0.912. The van der Waals surface area contributed by atoms with Crippen LogP contribution in [0.4, 0.5) is 13.2 Å². The number of carbonyl (C=O) groups excluding carboxylic acids is 2. The fourth-order valence-electron chi connectivity index (χ4n) is 6.67. The quantitative estimate of drug-likeness (QED) is 0.595. The monoisotopic (exact) mass is 514 g/mol. The lowest BCUT2D eigenvalue weighted by atomic mass is 9.69. The number of aliphatic hydroxyl groups is 1. The summed E-state index contributed by atoms with van der Waals surface area (Å²) in [4.78, 5) is 27.2. The molecule has 3 aliphatic rings. The van der Waals surface area contributed by atoms with Gasteiger partial charge in [0.25, 0.3) is 5.91 Å². The molecule has 8 heteroatoms. The minimum absolute atomic E-state index is 0.130. The fourth-order valence-corrected chi connectivity index (χ4v) is 6.67. The molecule has 5 nitrogen and oxygen atoms in total. The van der Waals surface area contributed by atoms with E-state index in [9.17, 15) is 27.9 Å². The Morgan fingerprint density at radius 2 is 1.78 bits per heavy atom. The Morgan fingerprint density at radius 3 is 2.54 bits per heavy atom. The highest BCUT2D eigenvalue weighted by molar-refractivity contribution is 5.96. The lowest BCUT2D eigenvalue weighted by molar-refractivity contribution is -0.137. The van der Waals surface area contributed by atoms with Crippen molar-refractivity contribution in [3.63, 3.8) is 0 Å². The number of aryl methyl sites for hydroxylation is 1. The minimum Gasteiger partial charge on any atom is -0.391 e. The summed E-state index contributed by atoms with van der Waals surface area (Å²) >= 11 is 0. The Morgan fingerprint density at radius 1 is 1.03 bits per heavy atom. The molecular formula is C29H33F3N2O3. The van der Waals surface area contributed by atoms with E-state index in [0.717, 1.165) is 44.2 Å². The van der Waals surface area contributed by atoms with Crippen molar-refractivity contribution in [3.8, 4) is 0 Å². The third-order valence-electron chi connectivity index (χ3n) is 8.71. The lowest BCUT2D eigenvalue weighted by Crippen LogP contribution is -2.41. The summed E-state index contributed by atoms with van der Waals surface area (Å²) in [5.41, 5.74) is 2.24. The van der Waals surface area contributed by atoms with E-state index in [1.807, 2.05) is 0 Å². The van der Waals surface area contributed by atoms with Crippen molar-refractivity contribution in [2.24, 2.45) is 5.92 Å². The van der Waals surface area contributed by atoms with E-state index in [1.165, 1.54) is 29.7 Å². The number of alkyl halides is 3. The van der Waals surface area contributed by atoms with Crippen molar-refractivity contribution in [1.29, 1.82) is 0 Å². The van der Waals surface area contributed by atoms with Crippen molar-refractivity contribution >= 4 is 11.7 Å². The second kappa shape index (κ2) is 10.2. The molecule has 2 aliphatic carbocycles. The second-order valence-corrected chi connectivity index (χ2v) is 11.0. The number of ketones is 1. The zero-order chi connectivity index (χ0) is 26.2. The van der Waals surface area contributed by atoms with Gasteiger partial charge in [-0.05, 0) is 73.3 Å². The SMILES string of the molecule is O=C(CNC(=O)c1cccc(C(F)(F)F)c1)C[C@H]1CN(C2CCC3(CCc4ccccc43)CC2)C[C@@H]1O. The normalized spacial score (nSPS) is 27.8. The molecule has 0 radical (unpaired) electrons. The van der Waals surface area contributed by atoms with E-state index in [0.29, 0.717) is 24.5 Å². The highest BCUT2D eigenvalue weighted by atomic mass is 19.4.